The molecule has 0 bridgehead atoms. The van der Waals surface area contributed by atoms with Crippen LogP contribution in [0.3, 0.4) is 0 Å². The summed E-state index contributed by atoms with van der Waals surface area (Å²) in [5.41, 5.74) is 1.32. The second-order valence-electron chi connectivity index (χ2n) is 6.07. The monoisotopic (exact) mass is 299 g/mol. The number of nitrogens with zero attached hydrogens (tertiary/aromatic N) is 2. The Balaban J connectivity index is 1.96. The van der Waals surface area contributed by atoms with E-state index in [-0.39, 0.29) is 5.91 Å². The fourth-order valence-corrected chi connectivity index (χ4v) is 2.69. The van der Waals surface area contributed by atoms with Crippen LogP contribution >= 0.6 is 0 Å². The molecule has 4 heteroatoms. The van der Waals surface area contributed by atoms with E-state index in [0.717, 1.165) is 17.4 Å². The van der Waals surface area contributed by atoms with Gasteiger partial charge in [-0.3, -0.25) is 9.69 Å². The van der Waals surface area contributed by atoms with Crippen molar-refractivity contribution in [1.82, 2.24) is 15.2 Å². The van der Waals surface area contributed by atoms with Crippen LogP contribution in [0.4, 0.5) is 0 Å². The molecule has 4 nitrogen and oxygen atoms in total. The van der Waals surface area contributed by atoms with Crippen LogP contribution in [0.5, 0.6) is 0 Å². The minimum absolute atomic E-state index is 0.113. The standard InChI is InChI=1S/C18H25N3O/c1-13(2)21(14(3)4)12-11-19-18(22)17-10-9-15-7-5-6-8-16(15)20-17/h5-10,13-14H,11-12H2,1-4H3,(H,19,22). The highest BCUT2D eigenvalue weighted by molar-refractivity contribution is 5.94. The lowest BCUT2D eigenvalue weighted by atomic mass is 10.2. The number of hydrogen-bond donors (Lipinski definition) is 1. The van der Waals surface area contributed by atoms with E-state index < -0.39 is 0 Å². The molecule has 2 aromatic rings. The van der Waals surface area contributed by atoms with Gasteiger partial charge in [-0.2, -0.15) is 0 Å². The fourth-order valence-electron chi connectivity index (χ4n) is 2.69. The Morgan fingerprint density at radius 1 is 1.09 bits per heavy atom. The van der Waals surface area contributed by atoms with Crippen molar-refractivity contribution in [3.63, 3.8) is 0 Å². The third-order valence-electron chi connectivity index (χ3n) is 3.81. The zero-order valence-electron chi connectivity index (χ0n) is 13.8. The maximum atomic E-state index is 12.2. The van der Waals surface area contributed by atoms with Crippen molar-refractivity contribution in [3.05, 3.63) is 42.1 Å². The van der Waals surface area contributed by atoms with Gasteiger partial charge in [-0.15, -0.1) is 0 Å². The van der Waals surface area contributed by atoms with Gasteiger partial charge in [-0.1, -0.05) is 24.3 Å². The van der Waals surface area contributed by atoms with Crippen LogP contribution in [-0.4, -0.2) is 41.0 Å². The lowest BCUT2D eigenvalue weighted by Crippen LogP contribution is -2.42. The highest BCUT2D eigenvalue weighted by Gasteiger charge is 2.14. The average Bonchev–Trinajstić information content (AvgIpc) is 2.50. The van der Waals surface area contributed by atoms with Crippen LogP contribution in [0.25, 0.3) is 10.9 Å². The zero-order valence-corrected chi connectivity index (χ0v) is 13.8. The first-order valence-corrected chi connectivity index (χ1v) is 7.88. The van der Waals surface area contributed by atoms with E-state index in [2.05, 4.69) is 42.9 Å². The normalized spacial score (nSPS) is 11.6. The van der Waals surface area contributed by atoms with Gasteiger partial charge >= 0.3 is 0 Å². The molecule has 0 aliphatic carbocycles. The molecule has 1 heterocycles. The molecule has 0 atom stereocenters. The van der Waals surface area contributed by atoms with Gasteiger partial charge in [-0.25, -0.2) is 4.98 Å². The van der Waals surface area contributed by atoms with Crippen LogP contribution in [0.2, 0.25) is 0 Å². The molecule has 0 spiro atoms. The smallest absolute Gasteiger partial charge is 0.269 e. The molecule has 0 aliphatic rings. The first-order valence-electron chi connectivity index (χ1n) is 7.88. The van der Waals surface area contributed by atoms with Crippen LogP contribution in [0.15, 0.2) is 36.4 Å². The fraction of sp³-hybridized carbons (Fsp3) is 0.444. The van der Waals surface area contributed by atoms with E-state index in [4.69, 9.17) is 0 Å². The second kappa shape index (κ2) is 7.36. The Hall–Kier alpha value is -1.94. The number of benzene rings is 1. The third-order valence-corrected chi connectivity index (χ3v) is 3.81. The van der Waals surface area contributed by atoms with Crippen LogP contribution < -0.4 is 5.32 Å². The summed E-state index contributed by atoms with van der Waals surface area (Å²) in [6, 6.07) is 12.5. The maximum absolute atomic E-state index is 12.2. The summed E-state index contributed by atoms with van der Waals surface area (Å²) < 4.78 is 0. The number of pyridine rings is 1. The van der Waals surface area contributed by atoms with Crippen LogP contribution in [0.1, 0.15) is 38.2 Å². The summed E-state index contributed by atoms with van der Waals surface area (Å²) >= 11 is 0. The summed E-state index contributed by atoms with van der Waals surface area (Å²) in [6.45, 7) is 10.2. The molecule has 0 saturated carbocycles. The van der Waals surface area contributed by atoms with Gasteiger partial charge in [-0.05, 0) is 39.8 Å². The number of para-hydroxylation sites is 1. The summed E-state index contributed by atoms with van der Waals surface area (Å²) in [7, 11) is 0. The Morgan fingerprint density at radius 3 is 2.45 bits per heavy atom. The van der Waals surface area contributed by atoms with Crippen molar-refractivity contribution >= 4 is 16.8 Å². The van der Waals surface area contributed by atoms with Gasteiger partial charge in [0.15, 0.2) is 0 Å². The van der Waals surface area contributed by atoms with Crippen molar-refractivity contribution in [2.75, 3.05) is 13.1 Å². The van der Waals surface area contributed by atoms with Crippen molar-refractivity contribution in [2.45, 2.75) is 39.8 Å². The SMILES string of the molecule is CC(C)N(CCNC(=O)c1ccc2ccccc2n1)C(C)C. The van der Waals surface area contributed by atoms with Crippen LogP contribution in [0, 0.1) is 0 Å². The molecule has 0 fully saturated rings. The highest BCUT2D eigenvalue weighted by Crippen LogP contribution is 2.11. The van der Waals surface area contributed by atoms with E-state index in [1.54, 1.807) is 6.07 Å². The predicted octanol–water partition coefficient (Wildman–Crippen LogP) is 3.08. The molecule has 1 aromatic heterocycles. The Labute approximate surface area is 132 Å². The van der Waals surface area contributed by atoms with E-state index in [9.17, 15) is 4.79 Å². The summed E-state index contributed by atoms with van der Waals surface area (Å²) in [6.07, 6.45) is 0. The Kier molecular flexibility index (Phi) is 5.50. The first kappa shape index (κ1) is 16.4. The van der Waals surface area contributed by atoms with E-state index in [1.165, 1.54) is 0 Å². The molecule has 1 amide bonds. The van der Waals surface area contributed by atoms with Gasteiger partial charge in [0.1, 0.15) is 5.69 Å². The topological polar surface area (TPSA) is 45.2 Å². The number of fused-ring (bicyclic) bond motifs is 1. The zero-order chi connectivity index (χ0) is 16.1. The van der Waals surface area contributed by atoms with Crippen molar-refractivity contribution in [3.8, 4) is 0 Å². The molecular weight excluding hydrogens is 274 g/mol. The number of aromatic nitrogens is 1. The van der Waals surface area contributed by atoms with Gasteiger partial charge < -0.3 is 5.32 Å². The number of carbonyl (C=O) groups is 1. The van der Waals surface area contributed by atoms with Crippen molar-refractivity contribution in [1.29, 1.82) is 0 Å². The molecule has 22 heavy (non-hydrogen) atoms. The van der Waals surface area contributed by atoms with E-state index >= 15 is 0 Å². The lowest BCUT2D eigenvalue weighted by molar-refractivity contribution is 0.0935. The number of carbonyl (C=O) groups excluding carboxylic acids is 1. The lowest BCUT2D eigenvalue weighted by Gasteiger charge is -2.30. The molecule has 1 aromatic carbocycles. The van der Waals surface area contributed by atoms with E-state index in [1.807, 2.05) is 30.3 Å². The Bertz CT molecular complexity index is 629. The Morgan fingerprint density at radius 2 is 1.77 bits per heavy atom. The van der Waals surface area contributed by atoms with Crippen LogP contribution in [-0.2, 0) is 0 Å². The number of nitrogens with one attached hydrogen (secondary N) is 1. The predicted molar refractivity (Wildman–Crippen MR) is 91.1 cm³/mol. The van der Waals surface area contributed by atoms with Crippen molar-refractivity contribution in [2.24, 2.45) is 0 Å². The molecule has 0 unspecified atom stereocenters. The molecule has 1 N–H and O–H groups in total. The molecule has 0 radical (unpaired) electrons. The number of rotatable bonds is 6. The summed E-state index contributed by atoms with van der Waals surface area (Å²) in [5.74, 6) is -0.113. The van der Waals surface area contributed by atoms with Gasteiger partial charge in [0.05, 0.1) is 5.52 Å². The minimum Gasteiger partial charge on any atom is -0.349 e. The summed E-state index contributed by atoms with van der Waals surface area (Å²) in [5, 5.41) is 4.01. The molecular formula is C18H25N3O. The van der Waals surface area contributed by atoms with Gasteiger partial charge in [0.25, 0.3) is 5.91 Å². The van der Waals surface area contributed by atoms with Crippen molar-refractivity contribution < 1.29 is 4.79 Å². The molecule has 2 rings (SSSR count). The average molecular weight is 299 g/mol. The minimum atomic E-state index is -0.113. The largest absolute Gasteiger partial charge is 0.349 e. The second-order valence-corrected chi connectivity index (χ2v) is 6.07. The third kappa shape index (κ3) is 4.04. The highest BCUT2D eigenvalue weighted by atomic mass is 16.1. The number of amides is 1. The first-order chi connectivity index (χ1) is 10.5. The maximum Gasteiger partial charge on any atom is 0.269 e. The molecule has 118 valence electrons. The summed E-state index contributed by atoms with van der Waals surface area (Å²) in [4.78, 5) is 19.0. The molecule has 0 aliphatic heterocycles. The van der Waals surface area contributed by atoms with Gasteiger partial charge in [0, 0.05) is 30.6 Å². The molecule has 0 saturated heterocycles. The quantitative estimate of drug-likeness (QED) is 0.891. The van der Waals surface area contributed by atoms with Gasteiger partial charge in [0.2, 0.25) is 0 Å². The van der Waals surface area contributed by atoms with E-state index in [0.29, 0.717) is 24.3 Å². The number of hydrogen-bond acceptors (Lipinski definition) is 3.